The summed E-state index contributed by atoms with van der Waals surface area (Å²) in [5.41, 5.74) is 6.93. The van der Waals surface area contributed by atoms with Gasteiger partial charge < -0.3 is 10.2 Å². The molecule has 1 saturated heterocycles. The van der Waals surface area contributed by atoms with Gasteiger partial charge in [-0.05, 0) is 94.4 Å². The van der Waals surface area contributed by atoms with Crippen LogP contribution < -0.4 is 5.32 Å². The van der Waals surface area contributed by atoms with Gasteiger partial charge in [0.05, 0.1) is 0 Å². The molecule has 0 amide bonds. The van der Waals surface area contributed by atoms with Crippen LogP contribution in [0.25, 0.3) is 0 Å². The van der Waals surface area contributed by atoms with Crippen molar-refractivity contribution in [3.8, 4) is 0 Å². The van der Waals surface area contributed by atoms with Gasteiger partial charge in [0, 0.05) is 26.4 Å². The van der Waals surface area contributed by atoms with Gasteiger partial charge in [-0.3, -0.25) is 0 Å². The molecule has 164 valence electrons. The Labute approximate surface area is 192 Å². The van der Waals surface area contributed by atoms with E-state index in [0.717, 1.165) is 0 Å². The minimum atomic E-state index is 0.141. The number of likely N-dealkylation sites (tertiary alicyclic amines) is 1. The normalized spacial score (nSPS) is 21.5. The Hall–Kier alpha value is -1.71. The summed E-state index contributed by atoms with van der Waals surface area (Å²) in [5.74, 6) is 0. The summed E-state index contributed by atoms with van der Waals surface area (Å²) in [6.07, 6.45) is 8.92. The van der Waals surface area contributed by atoms with Crippen molar-refractivity contribution in [2.45, 2.75) is 73.9 Å². The number of piperidine rings is 1. The maximum atomic E-state index is 4.41. The number of aryl methyl sites for hydroxylation is 2. The second-order valence-electron chi connectivity index (χ2n) is 10.2. The second-order valence-corrected chi connectivity index (χ2v) is 11.9. The van der Waals surface area contributed by atoms with Crippen LogP contribution in [0.2, 0.25) is 0 Å². The number of anilines is 1. The SMILES string of the molecule is C=C1Nc2ccc(C)cc2C12CCN(CCCc1ccc(SC3(C)CCC3)cc1)CC2. The van der Waals surface area contributed by atoms with Crippen LogP contribution in [0.15, 0.2) is 59.6 Å². The number of allylic oxidation sites excluding steroid dienone is 1. The molecule has 1 spiro atoms. The third-order valence-corrected chi connectivity index (χ3v) is 9.31. The first-order valence-electron chi connectivity index (χ1n) is 12.0. The minimum Gasteiger partial charge on any atom is -0.358 e. The fourth-order valence-electron chi connectivity index (χ4n) is 5.63. The maximum Gasteiger partial charge on any atom is 0.0424 e. The largest absolute Gasteiger partial charge is 0.358 e. The first-order chi connectivity index (χ1) is 15.0. The molecule has 0 unspecified atom stereocenters. The Morgan fingerprint density at radius 3 is 2.45 bits per heavy atom. The third kappa shape index (κ3) is 4.19. The number of nitrogens with zero attached hydrogens (tertiary/aromatic N) is 1. The van der Waals surface area contributed by atoms with Gasteiger partial charge in [0.1, 0.15) is 0 Å². The molecule has 2 nitrogen and oxygen atoms in total. The molecule has 0 radical (unpaired) electrons. The van der Waals surface area contributed by atoms with Crippen molar-refractivity contribution in [1.29, 1.82) is 0 Å². The molecule has 2 heterocycles. The van der Waals surface area contributed by atoms with Gasteiger partial charge in [0.15, 0.2) is 0 Å². The molecule has 2 fully saturated rings. The van der Waals surface area contributed by atoms with Crippen molar-refractivity contribution in [3.63, 3.8) is 0 Å². The van der Waals surface area contributed by atoms with Gasteiger partial charge in [0.2, 0.25) is 0 Å². The summed E-state index contributed by atoms with van der Waals surface area (Å²) in [6, 6.07) is 16.2. The van der Waals surface area contributed by atoms with Crippen molar-refractivity contribution < 1.29 is 0 Å². The summed E-state index contributed by atoms with van der Waals surface area (Å²) in [7, 11) is 0. The van der Waals surface area contributed by atoms with Crippen LogP contribution in [0.1, 0.15) is 62.1 Å². The van der Waals surface area contributed by atoms with Gasteiger partial charge in [-0.15, -0.1) is 11.8 Å². The van der Waals surface area contributed by atoms with Crippen molar-refractivity contribution in [1.82, 2.24) is 4.90 Å². The highest BCUT2D eigenvalue weighted by Crippen LogP contribution is 2.50. The van der Waals surface area contributed by atoms with E-state index in [9.17, 15) is 0 Å². The minimum absolute atomic E-state index is 0.141. The topological polar surface area (TPSA) is 15.3 Å². The molecule has 2 aromatic rings. The molecule has 0 bridgehead atoms. The van der Waals surface area contributed by atoms with E-state index in [0.29, 0.717) is 4.75 Å². The monoisotopic (exact) mass is 432 g/mol. The van der Waals surface area contributed by atoms with Gasteiger partial charge in [-0.2, -0.15) is 0 Å². The quantitative estimate of drug-likeness (QED) is 0.532. The van der Waals surface area contributed by atoms with Crippen LogP contribution in [0.4, 0.5) is 5.69 Å². The van der Waals surface area contributed by atoms with Crippen molar-refractivity contribution in [3.05, 3.63) is 71.4 Å². The van der Waals surface area contributed by atoms with Gasteiger partial charge in [-0.1, -0.05) is 49.8 Å². The molecular formula is C28H36N2S. The molecule has 3 aliphatic rings. The lowest BCUT2D eigenvalue weighted by Crippen LogP contribution is -2.43. The van der Waals surface area contributed by atoms with E-state index in [-0.39, 0.29) is 5.41 Å². The average molecular weight is 433 g/mol. The average Bonchev–Trinajstić information content (AvgIpc) is 3.00. The lowest BCUT2D eigenvalue weighted by molar-refractivity contribution is 0.179. The van der Waals surface area contributed by atoms with Crippen LogP contribution in [0, 0.1) is 6.92 Å². The molecule has 0 aromatic heterocycles. The standard InChI is InChI=1S/C28H36N2S/c1-21-7-12-26-25(20-21)28(22(2)29-26)15-18-30(19-16-28)17-4-6-23-8-10-24(11-9-23)31-27(3)13-5-14-27/h7-12,20,29H,2,4-6,13-19H2,1,3H3. The van der Waals surface area contributed by atoms with E-state index in [4.69, 9.17) is 0 Å². The van der Waals surface area contributed by atoms with E-state index in [2.05, 4.69) is 84.9 Å². The molecule has 2 aliphatic heterocycles. The number of benzene rings is 2. The van der Waals surface area contributed by atoms with Crippen LogP contribution >= 0.6 is 11.8 Å². The highest BCUT2D eigenvalue weighted by molar-refractivity contribution is 8.00. The lowest BCUT2D eigenvalue weighted by Gasteiger charge is -2.40. The van der Waals surface area contributed by atoms with Crippen molar-refractivity contribution in [2.75, 3.05) is 25.0 Å². The van der Waals surface area contributed by atoms with Gasteiger partial charge >= 0.3 is 0 Å². The Morgan fingerprint density at radius 1 is 1.03 bits per heavy atom. The summed E-state index contributed by atoms with van der Waals surface area (Å²) in [4.78, 5) is 4.10. The van der Waals surface area contributed by atoms with Crippen LogP contribution in [-0.2, 0) is 11.8 Å². The van der Waals surface area contributed by atoms with E-state index in [1.807, 2.05) is 0 Å². The second kappa shape index (κ2) is 8.33. The maximum absolute atomic E-state index is 4.41. The third-order valence-electron chi connectivity index (χ3n) is 7.90. The number of nitrogens with one attached hydrogen (secondary N) is 1. The predicted molar refractivity (Wildman–Crippen MR) is 134 cm³/mol. The highest BCUT2D eigenvalue weighted by atomic mass is 32.2. The van der Waals surface area contributed by atoms with E-state index >= 15 is 0 Å². The summed E-state index contributed by atoms with van der Waals surface area (Å²) < 4.78 is 0.493. The number of thioether (sulfide) groups is 1. The first-order valence-corrected chi connectivity index (χ1v) is 12.9. The van der Waals surface area contributed by atoms with E-state index < -0.39 is 0 Å². The fourth-order valence-corrected chi connectivity index (χ4v) is 6.96. The van der Waals surface area contributed by atoms with Crippen LogP contribution in [0.3, 0.4) is 0 Å². The molecule has 0 atom stereocenters. The van der Waals surface area contributed by atoms with Crippen molar-refractivity contribution >= 4 is 17.4 Å². The molecule has 1 N–H and O–H groups in total. The molecule has 2 aromatic carbocycles. The highest BCUT2D eigenvalue weighted by Gasteiger charge is 2.44. The fraction of sp³-hybridized carbons (Fsp3) is 0.500. The first kappa shape index (κ1) is 21.2. The Kier molecular flexibility index (Phi) is 5.68. The molecule has 5 rings (SSSR count). The Balaban J connectivity index is 1.11. The van der Waals surface area contributed by atoms with Gasteiger partial charge in [-0.25, -0.2) is 0 Å². The van der Waals surface area contributed by atoms with E-state index in [1.54, 1.807) is 0 Å². The number of fused-ring (bicyclic) bond motifs is 2. The summed E-state index contributed by atoms with van der Waals surface area (Å²) in [6.45, 7) is 12.6. The number of rotatable bonds is 6. The van der Waals surface area contributed by atoms with E-state index in [1.165, 1.54) is 97.6 Å². The summed E-state index contributed by atoms with van der Waals surface area (Å²) >= 11 is 2.07. The zero-order valence-electron chi connectivity index (χ0n) is 19.2. The molecule has 3 heteroatoms. The predicted octanol–water partition coefficient (Wildman–Crippen LogP) is 6.94. The molecule has 1 aliphatic carbocycles. The zero-order chi connectivity index (χ0) is 21.5. The lowest BCUT2D eigenvalue weighted by atomic mass is 9.72. The Bertz CT molecular complexity index is 949. The Morgan fingerprint density at radius 2 is 1.77 bits per heavy atom. The van der Waals surface area contributed by atoms with Gasteiger partial charge in [0.25, 0.3) is 0 Å². The van der Waals surface area contributed by atoms with Crippen molar-refractivity contribution in [2.24, 2.45) is 0 Å². The zero-order valence-corrected chi connectivity index (χ0v) is 20.0. The number of hydrogen-bond acceptors (Lipinski definition) is 3. The van der Waals surface area contributed by atoms with Crippen LogP contribution in [-0.4, -0.2) is 29.3 Å². The molecule has 31 heavy (non-hydrogen) atoms. The summed E-state index contributed by atoms with van der Waals surface area (Å²) in [5, 5.41) is 3.58. The number of hydrogen-bond donors (Lipinski definition) is 1. The van der Waals surface area contributed by atoms with Crippen LogP contribution in [0.5, 0.6) is 0 Å². The molecular weight excluding hydrogens is 396 g/mol. The molecule has 1 saturated carbocycles. The smallest absolute Gasteiger partial charge is 0.0424 e.